The molecule has 0 atom stereocenters. The first-order valence-corrected chi connectivity index (χ1v) is 3.64. The highest BCUT2D eigenvalue weighted by Gasteiger charge is 2.53. The standard InChI is InChI=1S/C6H9ClFN/c7-9-3-6(8,4-9)5-1-2-5/h5H,1-4H2. The van der Waals surface area contributed by atoms with Crippen LogP contribution in [0.3, 0.4) is 0 Å². The van der Waals surface area contributed by atoms with Gasteiger partial charge in [0.1, 0.15) is 5.67 Å². The molecule has 0 unspecified atom stereocenters. The molecule has 0 aromatic heterocycles. The van der Waals surface area contributed by atoms with Gasteiger partial charge in [0, 0.05) is 13.1 Å². The number of hydrogen-bond acceptors (Lipinski definition) is 1. The minimum atomic E-state index is -0.901. The van der Waals surface area contributed by atoms with Crippen molar-refractivity contribution in [2.75, 3.05) is 13.1 Å². The van der Waals surface area contributed by atoms with Gasteiger partial charge in [0.15, 0.2) is 0 Å². The van der Waals surface area contributed by atoms with Crippen LogP contribution in [-0.2, 0) is 0 Å². The molecule has 0 amide bonds. The SMILES string of the molecule is FC1(C2CC2)CN(Cl)C1. The summed E-state index contributed by atoms with van der Waals surface area (Å²) in [6.45, 7) is 0.887. The van der Waals surface area contributed by atoms with Crippen LogP contribution >= 0.6 is 11.8 Å². The molecule has 2 aliphatic rings. The van der Waals surface area contributed by atoms with E-state index in [9.17, 15) is 4.39 Å². The normalized spacial score (nSPS) is 34.0. The molecule has 1 aliphatic carbocycles. The summed E-state index contributed by atoms with van der Waals surface area (Å²) in [5.74, 6) is 0.340. The van der Waals surface area contributed by atoms with Gasteiger partial charge >= 0.3 is 0 Å². The topological polar surface area (TPSA) is 3.24 Å². The third kappa shape index (κ3) is 0.849. The highest BCUT2D eigenvalue weighted by atomic mass is 35.5. The average Bonchev–Trinajstić information content (AvgIpc) is 2.39. The van der Waals surface area contributed by atoms with Crippen LogP contribution in [0.5, 0.6) is 0 Å². The van der Waals surface area contributed by atoms with Gasteiger partial charge in [-0.3, -0.25) is 0 Å². The Labute approximate surface area is 58.9 Å². The molecule has 1 aliphatic heterocycles. The Bertz CT molecular complexity index is 129. The molecule has 1 saturated carbocycles. The quantitative estimate of drug-likeness (QED) is 0.512. The Morgan fingerprint density at radius 3 is 2.33 bits per heavy atom. The van der Waals surface area contributed by atoms with Crippen LogP contribution < -0.4 is 0 Å². The lowest BCUT2D eigenvalue weighted by Gasteiger charge is -2.40. The molecule has 3 heteroatoms. The second-order valence-electron chi connectivity index (χ2n) is 3.09. The van der Waals surface area contributed by atoms with E-state index >= 15 is 0 Å². The molecule has 1 nitrogen and oxygen atoms in total. The molecular weight excluding hydrogens is 141 g/mol. The maximum atomic E-state index is 13.2. The maximum Gasteiger partial charge on any atom is 0.141 e. The van der Waals surface area contributed by atoms with Gasteiger partial charge in [-0.25, -0.2) is 8.81 Å². The Kier molecular flexibility index (Phi) is 1.06. The smallest absolute Gasteiger partial charge is 0.141 e. The van der Waals surface area contributed by atoms with Crippen LogP contribution in [0.15, 0.2) is 0 Å². The van der Waals surface area contributed by atoms with E-state index in [0.717, 1.165) is 12.8 Å². The molecule has 0 N–H and O–H groups in total. The summed E-state index contributed by atoms with van der Waals surface area (Å²) in [4.78, 5) is 0. The summed E-state index contributed by atoms with van der Waals surface area (Å²) < 4.78 is 14.7. The molecular formula is C6H9ClFN. The van der Waals surface area contributed by atoms with E-state index < -0.39 is 5.67 Å². The van der Waals surface area contributed by atoms with Crippen molar-refractivity contribution in [2.24, 2.45) is 5.92 Å². The molecule has 1 saturated heterocycles. The molecule has 2 fully saturated rings. The maximum absolute atomic E-state index is 13.2. The van der Waals surface area contributed by atoms with E-state index in [4.69, 9.17) is 11.8 Å². The predicted octanol–water partition coefficient (Wildman–Crippen LogP) is 1.57. The van der Waals surface area contributed by atoms with Crippen molar-refractivity contribution in [1.29, 1.82) is 0 Å². The Hall–Kier alpha value is 0.180. The predicted molar refractivity (Wildman–Crippen MR) is 34.0 cm³/mol. The monoisotopic (exact) mass is 149 g/mol. The zero-order valence-electron chi connectivity index (χ0n) is 5.11. The Morgan fingerprint density at radius 2 is 2.00 bits per heavy atom. The molecule has 9 heavy (non-hydrogen) atoms. The molecule has 0 bridgehead atoms. The van der Waals surface area contributed by atoms with Crippen LogP contribution in [0.4, 0.5) is 4.39 Å². The minimum Gasteiger partial charge on any atom is -0.241 e. The first-order valence-electron chi connectivity index (χ1n) is 3.30. The van der Waals surface area contributed by atoms with Gasteiger partial charge < -0.3 is 0 Å². The molecule has 0 spiro atoms. The van der Waals surface area contributed by atoms with Gasteiger partial charge in [-0.05, 0) is 30.5 Å². The highest BCUT2D eigenvalue weighted by molar-refractivity contribution is 6.14. The average molecular weight is 150 g/mol. The second-order valence-corrected chi connectivity index (χ2v) is 3.57. The van der Waals surface area contributed by atoms with Gasteiger partial charge in [0.25, 0.3) is 0 Å². The summed E-state index contributed by atoms with van der Waals surface area (Å²) in [6.07, 6.45) is 2.14. The number of rotatable bonds is 1. The van der Waals surface area contributed by atoms with Crippen LogP contribution in [-0.4, -0.2) is 23.2 Å². The fourth-order valence-corrected chi connectivity index (χ4v) is 1.78. The van der Waals surface area contributed by atoms with E-state index in [2.05, 4.69) is 0 Å². The van der Waals surface area contributed by atoms with Crippen molar-refractivity contribution in [3.63, 3.8) is 0 Å². The minimum absolute atomic E-state index is 0.340. The van der Waals surface area contributed by atoms with Crippen LogP contribution in [0.1, 0.15) is 12.8 Å². The van der Waals surface area contributed by atoms with Gasteiger partial charge in [0.05, 0.1) is 0 Å². The third-order valence-electron chi connectivity index (χ3n) is 2.18. The highest BCUT2D eigenvalue weighted by Crippen LogP contribution is 2.47. The molecule has 1 heterocycles. The lowest BCUT2D eigenvalue weighted by atomic mass is 9.94. The summed E-state index contributed by atoms with van der Waals surface area (Å²) in [7, 11) is 0. The van der Waals surface area contributed by atoms with Gasteiger partial charge in [-0.1, -0.05) is 0 Å². The molecule has 0 aromatic carbocycles. The van der Waals surface area contributed by atoms with Gasteiger partial charge in [0.2, 0.25) is 0 Å². The van der Waals surface area contributed by atoms with Crippen molar-refractivity contribution in [1.82, 2.24) is 4.42 Å². The Morgan fingerprint density at radius 1 is 1.44 bits per heavy atom. The zero-order chi connectivity index (χ0) is 6.48. The van der Waals surface area contributed by atoms with Crippen LogP contribution in [0, 0.1) is 5.92 Å². The first kappa shape index (κ1) is 5.93. The van der Waals surface area contributed by atoms with E-state index in [1.807, 2.05) is 0 Å². The van der Waals surface area contributed by atoms with E-state index in [-0.39, 0.29) is 0 Å². The van der Waals surface area contributed by atoms with Crippen molar-refractivity contribution in [3.8, 4) is 0 Å². The number of halogens is 2. The number of nitrogens with zero attached hydrogens (tertiary/aromatic N) is 1. The Balaban J connectivity index is 1.94. The van der Waals surface area contributed by atoms with Crippen molar-refractivity contribution in [3.05, 3.63) is 0 Å². The molecule has 52 valence electrons. The lowest BCUT2D eigenvalue weighted by molar-refractivity contribution is 0.00262. The fourth-order valence-electron chi connectivity index (χ4n) is 1.38. The number of alkyl halides is 1. The van der Waals surface area contributed by atoms with Crippen LogP contribution in [0.25, 0.3) is 0 Å². The van der Waals surface area contributed by atoms with Crippen molar-refractivity contribution in [2.45, 2.75) is 18.5 Å². The summed E-state index contributed by atoms with van der Waals surface area (Å²) in [5, 5.41) is 0. The van der Waals surface area contributed by atoms with E-state index in [1.54, 1.807) is 0 Å². The van der Waals surface area contributed by atoms with Gasteiger partial charge in [-0.2, -0.15) is 0 Å². The van der Waals surface area contributed by atoms with Gasteiger partial charge in [-0.15, -0.1) is 0 Å². The zero-order valence-corrected chi connectivity index (χ0v) is 5.86. The molecule has 0 aromatic rings. The van der Waals surface area contributed by atoms with Crippen molar-refractivity contribution < 1.29 is 4.39 Å². The van der Waals surface area contributed by atoms with E-state index in [1.165, 1.54) is 4.42 Å². The first-order chi connectivity index (χ1) is 4.21. The van der Waals surface area contributed by atoms with Crippen LogP contribution in [0.2, 0.25) is 0 Å². The second kappa shape index (κ2) is 1.61. The fraction of sp³-hybridized carbons (Fsp3) is 1.00. The van der Waals surface area contributed by atoms with E-state index in [0.29, 0.717) is 19.0 Å². The largest absolute Gasteiger partial charge is 0.241 e. The summed E-state index contributed by atoms with van der Waals surface area (Å²) in [6, 6.07) is 0. The number of hydrogen-bond donors (Lipinski definition) is 0. The van der Waals surface area contributed by atoms with Crippen molar-refractivity contribution >= 4 is 11.8 Å². The summed E-state index contributed by atoms with van der Waals surface area (Å²) >= 11 is 5.50. The molecule has 0 radical (unpaired) electrons. The lowest BCUT2D eigenvalue weighted by Crippen LogP contribution is -2.55. The molecule has 2 rings (SSSR count). The third-order valence-corrected chi connectivity index (χ3v) is 2.42. The summed E-state index contributed by atoms with van der Waals surface area (Å²) in [5.41, 5.74) is -0.901.